The number of thiazole rings is 1. The lowest BCUT2D eigenvalue weighted by atomic mass is 9.74. The van der Waals surface area contributed by atoms with Crippen LogP contribution in [0.3, 0.4) is 0 Å². The standard InChI is InChI=1S/C14H18N2S/c1-11-16-12(9-17-11)3-6-13-4-2-5-14(15,10-13)8-7-13/h9H,2,4-5,7-8,10,15H2,1H3/t13-,14+/m1/s1. The van der Waals surface area contributed by atoms with Gasteiger partial charge in [0.2, 0.25) is 0 Å². The van der Waals surface area contributed by atoms with Gasteiger partial charge in [0.25, 0.3) is 0 Å². The highest BCUT2D eigenvalue weighted by molar-refractivity contribution is 7.09. The minimum Gasteiger partial charge on any atom is -0.325 e. The molecule has 2 saturated carbocycles. The predicted molar refractivity (Wildman–Crippen MR) is 70.8 cm³/mol. The molecule has 2 nitrogen and oxygen atoms in total. The second kappa shape index (κ2) is 3.83. The van der Waals surface area contributed by atoms with E-state index in [0.717, 1.165) is 23.5 Å². The molecule has 3 rings (SSSR count). The van der Waals surface area contributed by atoms with Gasteiger partial charge < -0.3 is 5.73 Å². The summed E-state index contributed by atoms with van der Waals surface area (Å²) in [5, 5.41) is 3.14. The van der Waals surface area contributed by atoms with E-state index in [9.17, 15) is 0 Å². The van der Waals surface area contributed by atoms with Gasteiger partial charge in [-0.15, -0.1) is 11.3 Å². The van der Waals surface area contributed by atoms with Gasteiger partial charge >= 0.3 is 0 Å². The van der Waals surface area contributed by atoms with Gasteiger partial charge in [0.05, 0.1) is 5.01 Å². The van der Waals surface area contributed by atoms with Crippen molar-refractivity contribution in [2.45, 2.75) is 51.0 Å². The molecule has 90 valence electrons. The van der Waals surface area contributed by atoms with Crippen molar-refractivity contribution >= 4 is 11.3 Å². The average molecular weight is 246 g/mol. The molecule has 0 aliphatic heterocycles. The highest BCUT2D eigenvalue weighted by Crippen LogP contribution is 2.52. The van der Waals surface area contributed by atoms with Crippen LogP contribution in [0.2, 0.25) is 0 Å². The van der Waals surface area contributed by atoms with Crippen LogP contribution in [-0.4, -0.2) is 10.5 Å². The van der Waals surface area contributed by atoms with Crippen molar-refractivity contribution in [2.24, 2.45) is 11.1 Å². The molecular weight excluding hydrogens is 228 g/mol. The molecule has 1 aromatic heterocycles. The molecule has 1 aromatic rings. The third-order valence-electron chi connectivity index (χ3n) is 4.20. The number of fused-ring (bicyclic) bond motifs is 2. The van der Waals surface area contributed by atoms with Crippen LogP contribution in [0.25, 0.3) is 0 Å². The van der Waals surface area contributed by atoms with E-state index >= 15 is 0 Å². The quantitative estimate of drug-likeness (QED) is 0.715. The van der Waals surface area contributed by atoms with Gasteiger partial charge in [0.15, 0.2) is 0 Å². The zero-order chi connectivity index (χ0) is 11.9. The molecule has 0 unspecified atom stereocenters. The Morgan fingerprint density at radius 1 is 1.35 bits per heavy atom. The van der Waals surface area contributed by atoms with Crippen LogP contribution in [0, 0.1) is 24.2 Å². The monoisotopic (exact) mass is 246 g/mol. The number of aryl methyl sites for hydroxylation is 1. The number of nitrogens with zero attached hydrogens (tertiary/aromatic N) is 1. The smallest absolute Gasteiger partial charge is 0.124 e. The first-order chi connectivity index (χ1) is 8.09. The third kappa shape index (κ3) is 2.12. The van der Waals surface area contributed by atoms with Gasteiger partial charge in [-0.1, -0.05) is 12.3 Å². The van der Waals surface area contributed by atoms with Gasteiger partial charge in [-0.2, -0.15) is 0 Å². The molecule has 0 spiro atoms. The summed E-state index contributed by atoms with van der Waals surface area (Å²) in [6.45, 7) is 2.02. The maximum absolute atomic E-state index is 6.38. The molecule has 2 N–H and O–H groups in total. The predicted octanol–water partition coefficient (Wildman–Crippen LogP) is 2.85. The second-order valence-corrected chi connectivity index (χ2v) is 6.74. The van der Waals surface area contributed by atoms with Gasteiger partial charge in [0, 0.05) is 16.3 Å². The molecule has 2 aliphatic rings. The average Bonchev–Trinajstić information content (AvgIpc) is 2.79. The molecule has 2 aliphatic carbocycles. The van der Waals surface area contributed by atoms with Crippen molar-refractivity contribution < 1.29 is 0 Å². The first kappa shape index (κ1) is 11.3. The van der Waals surface area contributed by atoms with Crippen LogP contribution in [0.5, 0.6) is 0 Å². The topological polar surface area (TPSA) is 38.9 Å². The second-order valence-electron chi connectivity index (χ2n) is 5.67. The minimum atomic E-state index is 0.0882. The van der Waals surface area contributed by atoms with Crippen molar-refractivity contribution in [2.75, 3.05) is 0 Å². The van der Waals surface area contributed by atoms with Crippen LogP contribution in [0.15, 0.2) is 5.38 Å². The van der Waals surface area contributed by atoms with E-state index in [-0.39, 0.29) is 11.0 Å². The number of hydrogen-bond donors (Lipinski definition) is 1. The van der Waals surface area contributed by atoms with E-state index in [1.165, 1.54) is 25.7 Å². The molecule has 3 heteroatoms. The highest BCUT2D eigenvalue weighted by atomic mass is 32.1. The molecule has 0 saturated heterocycles. The molecule has 0 amide bonds. The van der Waals surface area contributed by atoms with Crippen LogP contribution in [0.1, 0.15) is 49.2 Å². The molecular formula is C14H18N2S. The lowest BCUT2D eigenvalue weighted by Gasteiger charge is -2.33. The van der Waals surface area contributed by atoms with E-state index in [1.54, 1.807) is 11.3 Å². The molecule has 0 aromatic carbocycles. The van der Waals surface area contributed by atoms with Crippen molar-refractivity contribution in [1.82, 2.24) is 4.98 Å². The minimum absolute atomic E-state index is 0.0882. The largest absolute Gasteiger partial charge is 0.325 e. The first-order valence-corrected chi connectivity index (χ1v) is 7.22. The third-order valence-corrected chi connectivity index (χ3v) is 4.97. The summed E-state index contributed by atoms with van der Waals surface area (Å²) in [7, 11) is 0. The summed E-state index contributed by atoms with van der Waals surface area (Å²) in [6, 6.07) is 0. The fraction of sp³-hybridized carbons (Fsp3) is 0.643. The summed E-state index contributed by atoms with van der Waals surface area (Å²) in [4.78, 5) is 4.41. The summed E-state index contributed by atoms with van der Waals surface area (Å²) >= 11 is 1.67. The van der Waals surface area contributed by atoms with Crippen molar-refractivity contribution in [3.8, 4) is 11.8 Å². The normalized spacial score (nSPS) is 35.4. The zero-order valence-electron chi connectivity index (χ0n) is 10.3. The maximum Gasteiger partial charge on any atom is 0.124 e. The lowest BCUT2D eigenvalue weighted by molar-refractivity contribution is 0.257. The molecule has 17 heavy (non-hydrogen) atoms. The van der Waals surface area contributed by atoms with Crippen molar-refractivity contribution in [3.05, 3.63) is 16.1 Å². The Hall–Kier alpha value is -0.850. The number of aromatic nitrogens is 1. The maximum atomic E-state index is 6.38. The fourth-order valence-electron chi connectivity index (χ4n) is 3.33. The van der Waals surface area contributed by atoms with Gasteiger partial charge in [0.1, 0.15) is 5.69 Å². The molecule has 1 heterocycles. The molecule has 2 atom stereocenters. The molecule has 2 fully saturated rings. The summed E-state index contributed by atoms with van der Waals surface area (Å²) in [6.07, 6.45) is 7.07. The highest BCUT2D eigenvalue weighted by Gasteiger charge is 2.48. The number of nitrogens with two attached hydrogens (primary N) is 1. The zero-order valence-corrected chi connectivity index (χ0v) is 11.1. The van der Waals surface area contributed by atoms with E-state index in [1.807, 2.05) is 12.3 Å². The van der Waals surface area contributed by atoms with Crippen LogP contribution < -0.4 is 5.73 Å². The number of rotatable bonds is 0. The Morgan fingerprint density at radius 3 is 3.00 bits per heavy atom. The Morgan fingerprint density at radius 2 is 2.24 bits per heavy atom. The first-order valence-electron chi connectivity index (χ1n) is 6.34. The van der Waals surface area contributed by atoms with Crippen molar-refractivity contribution in [3.63, 3.8) is 0 Å². The summed E-state index contributed by atoms with van der Waals surface area (Å²) < 4.78 is 0. The molecule has 2 bridgehead atoms. The summed E-state index contributed by atoms with van der Waals surface area (Å²) in [5.74, 6) is 6.76. The van der Waals surface area contributed by atoms with Crippen LogP contribution in [-0.2, 0) is 0 Å². The van der Waals surface area contributed by atoms with E-state index < -0.39 is 0 Å². The van der Waals surface area contributed by atoms with E-state index in [4.69, 9.17) is 5.73 Å². The Kier molecular flexibility index (Phi) is 2.53. The van der Waals surface area contributed by atoms with Gasteiger partial charge in [-0.25, -0.2) is 4.98 Å². The Balaban J connectivity index is 1.84. The van der Waals surface area contributed by atoms with Crippen LogP contribution >= 0.6 is 11.3 Å². The lowest BCUT2D eigenvalue weighted by Crippen LogP contribution is -2.40. The SMILES string of the molecule is Cc1nc(C#C[C@]23CCC[C@](N)(CC2)C3)cs1. The van der Waals surface area contributed by atoms with E-state index in [0.29, 0.717) is 0 Å². The Bertz CT molecular complexity index is 496. The van der Waals surface area contributed by atoms with E-state index in [2.05, 4.69) is 16.8 Å². The summed E-state index contributed by atoms with van der Waals surface area (Å²) in [5.41, 5.74) is 7.60. The fourth-order valence-corrected chi connectivity index (χ4v) is 3.88. The van der Waals surface area contributed by atoms with Crippen LogP contribution in [0.4, 0.5) is 0 Å². The van der Waals surface area contributed by atoms with Gasteiger partial charge in [-0.05, 0) is 44.9 Å². The Labute approximate surface area is 107 Å². The van der Waals surface area contributed by atoms with Gasteiger partial charge in [-0.3, -0.25) is 0 Å². The number of hydrogen-bond acceptors (Lipinski definition) is 3. The molecule has 0 radical (unpaired) electrons. The van der Waals surface area contributed by atoms with Crippen molar-refractivity contribution in [1.29, 1.82) is 0 Å².